The molecule has 2 fully saturated rings. The molecule has 2 aliphatic rings. The van der Waals surface area contributed by atoms with Crippen LogP contribution >= 0.6 is 0 Å². The highest BCUT2D eigenvalue weighted by molar-refractivity contribution is 5.93. The first kappa shape index (κ1) is 21.0. The molecule has 178 valence electrons. The van der Waals surface area contributed by atoms with Crippen LogP contribution < -0.4 is 10.9 Å². The van der Waals surface area contributed by atoms with Gasteiger partial charge in [-0.25, -0.2) is 10.1 Å². The van der Waals surface area contributed by atoms with Crippen LogP contribution in [0.1, 0.15) is 47.8 Å². The van der Waals surface area contributed by atoms with Gasteiger partial charge in [0.25, 0.3) is 11.5 Å². The second kappa shape index (κ2) is 7.84. The maximum atomic E-state index is 13.0. The lowest BCUT2D eigenvalue weighted by Gasteiger charge is -2.57. The number of hydrogen-bond donors (Lipinski definition) is 2. The molecular weight excluding hydrogens is 452 g/mol. The molecule has 8 heteroatoms. The second-order valence-electron chi connectivity index (χ2n) is 10.2. The first-order valence-corrected chi connectivity index (χ1v) is 12.2. The molecule has 2 N–H and O–H groups in total. The molecule has 5 aromatic rings. The standard InChI is InChI=1S/C28H24N6O2/c35-26-22-6-2-1-5-21(22)25(32-33-26)19-11-28(12-19)13-20(14-28)31-27(36)23-16-30-24-10-17(7-9-34(23)24)18-4-3-8-29-15-18/h1-10,15-16,19-20H,11-14H2,(H,31,36)(H,33,35)/t19-,20-,28?. The average molecular weight is 477 g/mol. The molecule has 0 atom stereocenters. The molecule has 7 rings (SSSR count). The molecule has 1 amide bonds. The van der Waals surface area contributed by atoms with Gasteiger partial charge < -0.3 is 5.32 Å². The van der Waals surface area contributed by atoms with Gasteiger partial charge in [-0.15, -0.1) is 0 Å². The van der Waals surface area contributed by atoms with Gasteiger partial charge in [0.2, 0.25) is 0 Å². The molecule has 0 aliphatic heterocycles. The molecule has 1 spiro atoms. The number of aromatic nitrogens is 5. The van der Waals surface area contributed by atoms with E-state index in [2.05, 4.69) is 25.5 Å². The number of benzene rings is 1. The Morgan fingerprint density at radius 2 is 1.83 bits per heavy atom. The number of carbonyl (C=O) groups is 1. The van der Waals surface area contributed by atoms with Gasteiger partial charge in [-0.3, -0.25) is 19.0 Å². The third-order valence-electron chi connectivity index (χ3n) is 7.91. The van der Waals surface area contributed by atoms with E-state index in [-0.39, 0.29) is 22.9 Å². The monoisotopic (exact) mass is 476 g/mol. The van der Waals surface area contributed by atoms with Crippen molar-refractivity contribution in [2.24, 2.45) is 5.41 Å². The number of amides is 1. The molecule has 4 heterocycles. The number of H-pyrrole nitrogens is 1. The predicted molar refractivity (Wildman–Crippen MR) is 136 cm³/mol. The fourth-order valence-corrected chi connectivity index (χ4v) is 6.17. The summed E-state index contributed by atoms with van der Waals surface area (Å²) in [7, 11) is 0. The van der Waals surface area contributed by atoms with Crippen LogP contribution in [0.2, 0.25) is 0 Å². The van der Waals surface area contributed by atoms with E-state index in [1.807, 2.05) is 65.3 Å². The Morgan fingerprint density at radius 1 is 1.00 bits per heavy atom. The van der Waals surface area contributed by atoms with Gasteiger partial charge in [0, 0.05) is 41.5 Å². The minimum atomic E-state index is -0.143. The molecule has 2 aliphatic carbocycles. The first-order valence-electron chi connectivity index (χ1n) is 12.2. The highest BCUT2D eigenvalue weighted by Gasteiger charge is 2.54. The Hall–Kier alpha value is -4.33. The first-order chi connectivity index (χ1) is 17.6. The Balaban J connectivity index is 1.01. The molecule has 1 aromatic carbocycles. The van der Waals surface area contributed by atoms with E-state index in [9.17, 15) is 9.59 Å². The Kier molecular flexibility index (Phi) is 4.57. The van der Waals surface area contributed by atoms with Gasteiger partial charge >= 0.3 is 0 Å². The van der Waals surface area contributed by atoms with Crippen molar-refractivity contribution in [2.45, 2.75) is 37.6 Å². The highest BCUT2D eigenvalue weighted by Crippen LogP contribution is 2.62. The predicted octanol–water partition coefficient (Wildman–Crippen LogP) is 4.09. The van der Waals surface area contributed by atoms with Crippen molar-refractivity contribution >= 4 is 22.3 Å². The van der Waals surface area contributed by atoms with Crippen molar-refractivity contribution in [3.8, 4) is 11.1 Å². The van der Waals surface area contributed by atoms with Crippen molar-refractivity contribution in [2.75, 3.05) is 0 Å². The summed E-state index contributed by atoms with van der Waals surface area (Å²) in [5, 5.41) is 11.9. The lowest BCUT2D eigenvalue weighted by Crippen LogP contribution is -2.55. The number of hydrogen-bond acceptors (Lipinski definition) is 5. The number of pyridine rings is 2. The van der Waals surface area contributed by atoms with Crippen LogP contribution in [0.3, 0.4) is 0 Å². The molecule has 0 unspecified atom stereocenters. The quantitative estimate of drug-likeness (QED) is 0.407. The van der Waals surface area contributed by atoms with Crippen LogP contribution in [0, 0.1) is 5.41 Å². The van der Waals surface area contributed by atoms with E-state index in [1.54, 1.807) is 12.4 Å². The Morgan fingerprint density at radius 3 is 2.64 bits per heavy atom. The van der Waals surface area contributed by atoms with E-state index in [4.69, 9.17) is 0 Å². The van der Waals surface area contributed by atoms with Gasteiger partial charge in [0.15, 0.2) is 0 Å². The molecule has 0 radical (unpaired) electrons. The zero-order chi connectivity index (χ0) is 24.3. The maximum absolute atomic E-state index is 13.0. The minimum Gasteiger partial charge on any atom is -0.348 e. The largest absolute Gasteiger partial charge is 0.348 e. The molecule has 4 aromatic heterocycles. The van der Waals surface area contributed by atoms with Gasteiger partial charge in [-0.05, 0) is 60.9 Å². The number of carbonyl (C=O) groups excluding carboxylic acids is 1. The summed E-state index contributed by atoms with van der Waals surface area (Å²) in [5.41, 5.74) is 4.40. The van der Waals surface area contributed by atoms with E-state index < -0.39 is 0 Å². The summed E-state index contributed by atoms with van der Waals surface area (Å²) in [4.78, 5) is 33.8. The summed E-state index contributed by atoms with van der Waals surface area (Å²) < 4.78 is 1.83. The number of fused-ring (bicyclic) bond motifs is 2. The summed E-state index contributed by atoms with van der Waals surface area (Å²) in [6.45, 7) is 0. The number of nitrogens with zero attached hydrogens (tertiary/aromatic N) is 4. The van der Waals surface area contributed by atoms with Gasteiger partial charge in [-0.1, -0.05) is 24.3 Å². The molecule has 0 saturated heterocycles. The maximum Gasteiger partial charge on any atom is 0.272 e. The fourth-order valence-electron chi connectivity index (χ4n) is 6.17. The van der Waals surface area contributed by atoms with Crippen molar-refractivity contribution in [3.63, 3.8) is 0 Å². The van der Waals surface area contributed by atoms with E-state index in [0.717, 1.165) is 53.5 Å². The summed E-state index contributed by atoms with van der Waals surface area (Å²) in [6.07, 6.45) is 11.1. The topological polar surface area (TPSA) is 105 Å². The van der Waals surface area contributed by atoms with Crippen LogP contribution in [0.4, 0.5) is 0 Å². The molecular formula is C28H24N6O2. The van der Waals surface area contributed by atoms with E-state index >= 15 is 0 Å². The Bertz CT molecular complexity index is 1680. The summed E-state index contributed by atoms with van der Waals surface area (Å²) in [6, 6.07) is 15.7. The zero-order valence-corrected chi connectivity index (χ0v) is 19.5. The van der Waals surface area contributed by atoms with Crippen LogP contribution in [-0.4, -0.2) is 36.5 Å². The zero-order valence-electron chi connectivity index (χ0n) is 19.5. The average Bonchev–Trinajstić information content (AvgIpc) is 3.29. The van der Waals surface area contributed by atoms with E-state index in [1.165, 1.54) is 0 Å². The van der Waals surface area contributed by atoms with Crippen LogP contribution in [0.5, 0.6) is 0 Å². The molecule has 8 nitrogen and oxygen atoms in total. The lowest BCUT2D eigenvalue weighted by atomic mass is 9.49. The SMILES string of the molecule is O=C(N[C@H]1CC2(C1)C[C@H](c1n[nH]c(=O)c3ccccc31)C2)c1cnc2cc(-c3cccnc3)ccn12. The van der Waals surface area contributed by atoms with Gasteiger partial charge in [0.1, 0.15) is 11.3 Å². The van der Waals surface area contributed by atoms with Gasteiger partial charge in [0.05, 0.1) is 17.3 Å². The van der Waals surface area contributed by atoms with Crippen molar-refractivity contribution in [1.29, 1.82) is 0 Å². The van der Waals surface area contributed by atoms with Crippen LogP contribution in [-0.2, 0) is 0 Å². The third-order valence-corrected chi connectivity index (χ3v) is 7.91. The summed E-state index contributed by atoms with van der Waals surface area (Å²) >= 11 is 0. The van der Waals surface area contributed by atoms with Crippen molar-refractivity contribution < 1.29 is 4.79 Å². The van der Waals surface area contributed by atoms with Crippen LogP contribution in [0.25, 0.3) is 27.5 Å². The number of nitrogens with one attached hydrogen (secondary N) is 2. The van der Waals surface area contributed by atoms with Crippen molar-refractivity contribution in [3.05, 3.63) is 95.1 Å². The number of imidazole rings is 1. The second-order valence-corrected chi connectivity index (χ2v) is 10.2. The highest BCUT2D eigenvalue weighted by atomic mass is 16.2. The number of aromatic amines is 1. The van der Waals surface area contributed by atoms with E-state index in [0.29, 0.717) is 17.0 Å². The van der Waals surface area contributed by atoms with Crippen molar-refractivity contribution in [1.82, 2.24) is 29.9 Å². The molecule has 2 saturated carbocycles. The lowest BCUT2D eigenvalue weighted by molar-refractivity contribution is -0.0197. The molecule has 0 bridgehead atoms. The fraction of sp³-hybridized carbons (Fsp3) is 0.250. The Labute approximate surface area is 206 Å². The molecule has 36 heavy (non-hydrogen) atoms. The normalized spacial score (nSPS) is 22.9. The summed E-state index contributed by atoms with van der Waals surface area (Å²) in [5.74, 6) is 0.247. The number of rotatable bonds is 4. The van der Waals surface area contributed by atoms with Gasteiger partial charge in [-0.2, -0.15) is 5.10 Å². The minimum absolute atomic E-state index is 0.0966. The smallest absolute Gasteiger partial charge is 0.272 e. The third kappa shape index (κ3) is 3.32. The van der Waals surface area contributed by atoms with Crippen LogP contribution in [0.15, 0.2) is 78.1 Å².